The Bertz CT molecular complexity index is 555. The number of fused-ring (bicyclic) bond motifs is 1. The monoisotopic (exact) mass is 223 g/mol. The summed E-state index contributed by atoms with van der Waals surface area (Å²) >= 11 is 0. The SMILES string of the molecule is CCCn1c2c(c(=O)[nH]c1=O)C(=O)C(C)N2. The number of carbonyl (C=O) groups excluding carboxylic acids is 1. The molecule has 0 radical (unpaired) electrons. The first-order chi connectivity index (χ1) is 7.56. The van der Waals surface area contributed by atoms with Gasteiger partial charge in [0.05, 0.1) is 6.04 Å². The maximum atomic E-state index is 11.7. The number of aromatic amines is 1. The van der Waals surface area contributed by atoms with Gasteiger partial charge in [-0.3, -0.25) is 19.1 Å². The fourth-order valence-electron chi connectivity index (χ4n) is 1.87. The van der Waals surface area contributed by atoms with Crippen LogP contribution in [0.3, 0.4) is 0 Å². The average Bonchev–Trinajstić information content (AvgIpc) is 2.50. The highest BCUT2D eigenvalue weighted by atomic mass is 16.2. The number of rotatable bonds is 2. The van der Waals surface area contributed by atoms with Gasteiger partial charge < -0.3 is 5.32 Å². The summed E-state index contributed by atoms with van der Waals surface area (Å²) in [6.07, 6.45) is 0.753. The molecule has 0 aliphatic carbocycles. The van der Waals surface area contributed by atoms with Gasteiger partial charge in [0.2, 0.25) is 0 Å². The third-order valence-corrected chi connectivity index (χ3v) is 2.64. The van der Waals surface area contributed by atoms with E-state index in [4.69, 9.17) is 0 Å². The number of hydrogen-bond donors (Lipinski definition) is 2. The Morgan fingerprint density at radius 2 is 2.00 bits per heavy atom. The zero-order chi connectivity index (χ0) is 11.9. The topological polar surface area (TPSA) is 84.0 Å². The van der Waals surface area contributed by atoms with Gasteiger partial charge in [-0.2, -0.15) is 0 Å². The van der Waals surface area contributed by atoms with E-state index in [0.717, 1.165) is 6.42 Å². The molecule has 0 saturated heterocycles. The molecule has 0 saturated carbocycles. The summed E-state index contributed by atoms with van der Waals surface area (Å²) in [5, 5.41) is 2.88. The van der Waals surface area contributed by atoms with Crippen LogP contribution < -0.4 is 16.6 Å². The molecule has 86 valence electrons. The van der Waals surface area contributed by atoms with Crippen LogP contribution in [0.25, 0.3) is 0 Å². The van der Waals surface area contributed by atoms with Gasteiger partial charge in [-0.15, -0.1) is 0 Å². The van der Waals surface area contributed by atoms with Crippen molar-refractivity contribution >= 4 is 11.6 Å². The minimum absolute atomic E-state index is 0.0700. The van der Waals surface area contributed by atoms with Gasteiger partial charge in [0, 0.05) is 6.54 Å². The van der Waals surface area contributed by atoms with Crippen molar-refractivity contribution < 1.29 is 4.79 Å². The second-order valence-corrected chi connectivity index (χ2v) is 3.86. The Hall–Kier alpha value is -1.85. The zero-order valence-electron chi connectivity index (χ0n) is 9.16. The van der Waals surface area contributed by atoms with Crippen molar-refractivity contribution in [2.24, 2.45) is 0 Å². The number of nitrogens with zero attached hydrogens (tertiary/aromatic N) is 1. The highest BCUT2D eigenvalue weighted by Crippen LogP contribution is 2.20. The Kier molecular flexibility index (Phi) is 2.41. The quantitative estimate of drug-likeness (QED) is 0.735. The van der Waals surface area contributed by atoms with Gasteiger partial charge in [0.25, 0.3) is 5.56 Å². The van der Waals surface area contributed by atoms with Crippen LogP contribution in [0, 0.1) is 0 Å². The van der Waals surface area contributed by atoms with Crippen molar-refractivity contribution in [2.45, 2.75) is 32.9 Å². The van der Waals surface area contributed by atoms with Crippen LogP contribution in [0.2, 0.25) is 0 Å². The number of Topliss-reactive ketones (excluding diaryl/α,β-unsaturated/α-hetero) is 1. The average molecular weight is 223 g/mol. The Balaban J connectivity index is 2.73. The molecule has 2 rings (SSSR count). The summed E-state index contributed by atoms with van der Waals surface area (Å²) in [5.41, 5.74) is -1.00. The summed E-state index contributed by atoms with van der Waals surface area (Å²) in [6.45, 7) is 4.07. The third kappa shape index (κ3) is 1.37. The summed E-state index contributed by atoms with van der Waals surface area (Å²) in [7, 11) is 0. The van der Waals surface area contributed by atoms with E-state index >= 15 is 0 Å². The predicted molar refractivity (Wildman–Crippen MR) is 59.0 cm³/mol. The number of carbonyl (C=O) groups is 1. The Morgan fingerprint density at radius 1 is 1.31 bits per heavy atom. The molecule has 0 amide bonds. The van der Waals surface area contributed by atoms with Gasteiger partial charge in [-0.05, 0) is 13.3 Å². The molecule has 0 bridgehead atoms. The van der Waals surface area contributed by atoms with Gasteiger partial charge in [0.15, 0.2) is 5.78 Å². The van der Waals surface area contributed by atoms with Crippen molar-refractivity contribution in [2.75, 3.05) is 5.32 Å². The molecule has 2 N–H and O–H groups in total. The van der Waals surface area contributed by atoms with Crippen molar-refractivity contribution in [3.05, 3.63) is 26.4 Å². The zero-order valence-corrected chi connectivity index (χ0v) is 9.16. The van der Waals surface area contributed by atoms with Crippen LogP contribution in [0.1, 0.15) is 30.6 Å². The summed E-state index contributed by atoms with van der Waals surface area (Å²) in [4.78, 5) is 36.9. The molecular weight excluding hydrogens is 210 g/mol. The summed E-state index contributed by atoms with van der Waals surface area (Å²) < 4.78 is 1.40. The van der Waals surface area contributed by atoms with E-state index < -0.39 is 17.3 Å². The van der Waals surface area contributed by atoms with Crippen LogP contribution >= 0.6 is 0 Å². The highest BCUT2D eigenvalue weighted by molar-refractivity contribution is 6.08. The molecule has 1 unspecified atom stereocenters. The van der Waals surface area contributed by atoms with Crippen LogP contribution in [-0.2, 0) is 6.54 Å². The third-order valence-electron chi connectivity index (χ3n) is 2.64. The number of anilines is 1. The van der Waals surface area contributed by atoms with Crippen molar-refractivity contribution in [3.63, 3.8) is 0 Å². The van der Waals surface area contributed by atoms with E-state index in [9.17, 15) is 14.4 Å². The first kappa shape index (κ1) is 10.7. The minimum Gasteiger partial charge on any atom is -0.361 e. The molecule has 6 nitrogen and oxygen atoms in total. The van der Waals surface area contributed by atoms with Crippen LogP contribution in [-0.4, -0.2) is 21.4 Å². The first-order valence-corrected chi connectivity index (χ1v) is 5.24. The molecule has 1 aliphatic rings. The van der Waals surface area contributed by atoms with E-state index in [2.05, 4.69) is 10.3 Å². The molecule has 0 spiro atoms. The Morgan fingerprint density at radius 3 is 2.62 bits per heavy atom. The molecule has 1 aromatic rings. The molecule has 6 heteroatoms. The normalized spacial score (nSPS) is 18.4. The van der Waals surface area contributed by atoms with Crippen LogP contribution in [0.15, 0.2) is 9.59 Å². The van der Waals surface area contributed by atoms with Gasteiger partial charge >= 0.3 is 5.69 Å². The fraction of sp³-hybridized carbons (Fsp3) is 0.500. The fourth-order valence-corrected chi connectivity index (χ4v) is 1.87. The molecule has 2 heterocycles. The maximum Gasteiger partial charge on any atom is 0.329 e. The molecule has 1 aliphatic heterocycles. The van der Waals surface area contributed by atoms with Crippen LogP contribution in [0.5, 0.6) is 0 Å². The van der Waals surface area contributed by atoms with Crippen molar-refractivity contribution in [1.82, 2.24) is 9.55 Å². The number of hydrogen-bond acceptors (Lipinski definition) is 4. The Labute approximate surface area is 91.3 Å². The minimum atomic E-state index is -0.603. The number of H-pyrrole nitrogens is 1. The molecule has 0 aromatic carbocycles. The van der Waals surface area contributed by atoms with Gasteiger partial charge in [-0.25, -0.2) is 4.79 Å². The largest absolute Gasteiger partial charge is 0.361 e. The molecule has 16 heavy (non-hydrogen) atoms. The lowest BCUT2D eigenvalue weighted by atomic mass is 10.2. The number of aromatic nitrogens is 2. The predicted octanol–water partition coefficient (Wildman–Crippen LogP) is -0.0567. The van der Waals surface area contributed by atoms with E-state index in [1.807, 2.05) is 6.92 Å². The molecule has 1 atom stereocenters. The lowest BCUT2D eigenvalue weighted by molar-refractivity contribution is 0.0983. The lowest BCUT2D eigenvalue weighted by Gasteiger charge is -2.09. The first-order valence-electron chi connectivity index (χ1n) is 5.24. The summed E-state index contributed by atoms with van der Waals surface area (Å²) in [6, 6.07) is -0.444. The van der Waals surface area contributed by atoms with Gasteiger partial charge in [-0.1, -0.05) is 6.92 Å². The molecule has 0 fully saturated rings. The lowest BCUT2D eigenvalue weighted by Crippen LogP contribution is -2.33. The molecular formula is C10H13N3O3. The standard InChI is InChI=1S/C10H13N3O3/c1-3-4-13-8-6(7(14)5(2)11-8)9(15)12-10(13)16/h5,11H,3-4H2,1-2H3,(H,12,15,16). The van der Waals surface area contributed by atoms with Crippen molar-refractivity contribution in [1.29, 1.82) is 0 Å². The van der Waals surface area contributed by atoms with E-state index in [1.165, 1.54) is 4.57 Å². The maximum absolute atomic E-state index is 11.7. The van der Waals surface area contributed by atoms with Gasteiger partial charge in [0.1, 0.15) is 11.4 Å². The number of ketones is 1. The van der Waals surface area contributed by atoms with Crippen LogP contribution in [0.4, 0.5) is 5.82 Å². The van der Waals surface area contributed by atoms with Crippen molar-refractivity contribution in [3.8, 4) is 0 Å². The second-order valence-electron chi connectivity index (χ2n) is 3.86. The smallest absolute Gasteiger partial charge is 0.329 e. The van der Waals surface area contributed by atoms with E-state index in [-0.39, 0.29) is 11.3 Å². The van der Waals surface area contributed by atoms with E-state index in [1.54, 1.807) is 6.92 Å². The highest BCUT2D eigenvalue weighted by Gasteiger charge is 2.32. The summed E-state index contributed by atoms with van der Waals surface area (Å²) in [5.74, 6) is 0.0919. The van der Waals surface area contributed by atoms with E-state index in [0.29, 0.717) is 12.4 Å². The number of nitrogens with one attached hydrogen (secondary N) is 2. The second kappa shape index (κ2) is 3.62. The molecule has 1 aromatic heterocycles.